The highest BCUT2D eigenvalue weighted by Crippen LogP contribution is 2.39. The summed E-state index contributed by atoms with van der Waals surface area (Å²) < 4.78 is 0. The van der Waals surface area contributed by atoms with Crippen LogP contribution in [0.5, 0.6) is 0 Å². The lowest BCUT2D eigenvalue weighted by molar-refractivity contribution is 0.308. The lowest BCUT2D eigenvalue weighted by atomic mass is 9.77. The topological polar surface area (TPSA) is 0 Å². The van der Waals surface area contributed by atoms with Crippen molar-refractivity contribution in [1.82, 2.24) is 0 Å². The molecule has 6 rings (SSSR count). The number of allylic oxidation sites excluding steroid dienone is 4. The predicted octanol–water partition coefficient (Wildman–Crippen LogP) is 15.7. The summed E-state index contributed by atoms with van der Waals surface area (Å²) in [6.07, 6.45) is 35.8. The maximum Gasteiger partial charge on any atom is 0.0249 e. The van der Waals surface area contributed by atoms with Crippen LogP contribution in [0.4, 0.5) is 0 Å². The Morgan fingerprint density at radius 3 is 1.17 bits per heavy atom. The van der Waals surface area contributed by atoms with E-state index in [-0.39, 0.29) is 0 Å². The van der Waals surface area contributed by atoms with Gasteiger partial charge in [-0.1, -0.05) is 146 Å². The standard InChI is InChI=1S/C27H38.C26H36/c1-3-5-7-23-8-10-24(11-9-23)12-13-25-16-20-27(21-17-25)26-18-14-22(6-4-2)15-19-26;1-3-5-21-7-9-23(10-8-21)11-12-24-15-19-26(20-16-24)25-17-13-22(6-4-2)14-18-25/h10,16-17,20-23,26H,3-9,11,14-15,18-19H2,1-2H3;9,15-16,19-22,25H,3-8,10,13-14,17-18H2,1-2H3. The first kappa shape index (κ1) is 41.2. The molecule has 0 spiro atoms. The van der Waals surface area contributed by atoms with Gasteiger partial charge in [0.1, 0.15) is 0 Å². The van der Waals surface area contributed by atoms with Crippen molar-refractivity contribution in [3.05, 3.63) is 94.1 Å². The van der Waals surface area contributed by atoms with E-state index in [1.807, 2.05) is 0 Å². The highest BCUT2D eigenvalue weighted by Gasteiger charge is 2.23. The second-order valence-electron chi connectivity index (χ2n) is 17.4. The van der Waals surface area contributed by atoms with Crippen LogP contribution in [0.3, 0.4) is 0 Å². The summed E-state index contributed by atoms with van der Waals surface area (Å²) in [6, 6.07) is 18.3. The zero-order chi connectivity index (χ0) is 37.1. The van der Waals surface area contributed by atoms with Crippen LogP contribution in [-0.4, -0.2) is 0 Å². The van der Waals surface area contributed by atoms with Gasteiger partial charge in [0.2, 0.25) is 0 Å². The molecule has 2 fully saturated rings. The molecule has 4 aliphatic rings. The van der Waals surface area contributed by atoms with E-state index in [0.29, 0.717) is 0 Å². The molecule has 2 atom stereocenters. The maximum absolute atomic E-state index is 3.44. The fourth-order valence-electron chi connectivity index (χ4n) is 9.80. The molecular formula is C53H74. The second-order valence-corrected chi connectivity index (χ2v) is 17.4. The summed E-state index contributed by atoms with van der Waals surface area (Å²) in [5.41, 5.74) is 8.13. The van der Waals surface area contributed by atoms with E-state index < -0.39 is 0 Å². The van der Waals surface area contributed by atoms with Crippen molar-refractivity contribution in [3.8, 4) is 23.7 Å². The SMILES string of the molecule is CCCC1CC=C(C#Cc2ccc(C3CCC(CCC)CC3)cc2)CC1.CCCCC1CC=C(C#Cc2ccc(C3CCC(CCC)CC3)cc2)CC1. The zero-order valence-corrected chi connectivity index (χ0v) is 34.5. The minimum absolute atomic E-state index is 0.779. The molecule has 2 saturated carbocycles. The number of unbranched alkanes of at least 4 members (excludes halogenated alkanes) is 1. The third-order valence-corrected chi connectivity index (χ3v) is 13.3. The Morgan fingerprint density at radius 1 is 0.415 bits per heavy atom. The zero-order valence-electron chi connectivity index (χ0n) is 34.5. The summed E-state index contributed by atoms with van der Waals surface area (Å²) in [4.78, 5) is 0. The Bertz CT molecular complexity index is 1510. The van der Waals surface area contributed by atoms with Crippen LogP contribution >= 0.6 is 0 Å². The molecule has 53 heavy (non-hydrogen) atoms. The monoisotopic (exact) mass is 711 g/mol. The van der Waals surface area contributed by atoms with E-state index in [9.17, 15) is 0 Å². The van der Waals surface area contributed by atoms with Crippen molar-refractivity contribution in [3.63, 3.8) is 0 Å². The van der Waals surface area contributed by atoms with Crippen LogP contribution in [-0.2, 0) is 0 Å². The normalized spacial score (nSPS) is 25.7. The molecule has 0 heteroatoms. The Labute approximate surface area is 327 Å². The third kappa shape index (κ3) is 14.0. The third-order valence-electron chi connectivity index (χ3n) is 13.3. The number of rotatable bonds is 11. The van der Waals surface area contributed by atoms with Gasteiger partial charge in [-0.15, -0.1) is 0 Å². The molecule has 0 aliphatic heterocycles. The molecular weight excluding hydrogens is 637 g/mol. The van der Waals surface area contributed by atoms with E-state index in [0.717, 1.165) is 35.5 Å². The Kier molecular flexibility index (Phi) is 17.9. The molecule has 0 bridgehead atoms. The maximum atomic E-state index is 3.44. The number of hydrogen-bond donors (Lipinski definition) is 0. The van der Waals surface area contributed by atoms with E-state index in [1.54, 1.807) is 0 Å². The van der Waals surface area contributed by atoms with Gasteiger partial charge < -0.3 is 0 Å². The molecule has 0 aromatic heterocycles. The molecule has 0 saturated heterocycles. The van der Waals surface area contributed by atoms with E-state index >= 15 is 0 Å². The highest BCUT2D eigenvalue weighted by molar-refractivity contribution is 5.43. The average Bonchev–Trinajstić information content (AvgIpc) is 3.21. The molecule has 2 aromatic carbocycles. The van der Waals surface area contributed by atoms with Crippen molar-refractivity contribution in [2.75, 3.05) is 0 Å². The van der Waals surface area contributed by atoms with Gasteiger partial charge in [0.05, 0.1) is 0 Å². The number of benzene rings is 2. The predicted molar refractivity (Wildman–Crippen MR) is 231 cm³/mol. The van der Waals surface area contributed by atoms with Gasteiger partial charge in [0.15, 0.2) is 0 Å². The van der Waals surface area contributed by atoms with Gasteiger partial charge in [0, 0.05) is 11.1 Å². The summed E-state index contributed by atoms with van der Waals surface area (Å²) in [5.74, 6) is 19.0. The molecule has 286 valence electrons. The minimum Gasteiger partial charge on any atom is -0.0726 e. The average molecular weight is 711 g/mol. The summed E-state index contributed by atoms with van der Waals surface area (Å²) in [5, 5.41) is 0. The van der Waals surface area contributed by atoms with Crippen molar-refractivity contribution >= 4 is 0 Å². The molecule has 0 heterocycles. The van der Waals surface area contributed by atoms with Crippen molar-refractivity contribution < 1.29 is 0 Å². The van der Waals surface area contributed by atoms with E-state index in [4.69, 9.17) is 0 Å². The quantitative estimate of drug-likeness (QED) is 0.204. The van der Waals surface area contributed by atoms with Crippen LogP contribution in [0.2, 0.25) is 0 Å². The second kappa shape index (κ2) is 23.1. The van der Waals surface area contributed by atoms with Gasteiger partial charge in [-0.05, 0) is 172 Å². The molecule has 0 amide bonds. The summed E-state index contributed by atoms with van der Waals surface area (Å²) in [6.45, 7) is 9.22. The van der Waals surface area contributed by atoms with Crippen molar-refractivity contribution in [1.29, 1.82) is 0 Å². The van der Waals surface area contributed by atoms with Gasteiger partial charge in [0.25, 0.3) is 0 Å². The summed E-state index contributed by atoms with van der Waals surface area (Å²) >= 11 is 0. The number of hydrogen-bond acceptors (Lipinski definition) is 0. The lowest BCUT2D eigenvalue weighted by Crippen LogP contribution is -2.13. The fraction of sp³-hybridized carbons (Fsp3) is 0.623. The van der Waals surface area contributed by atoms with E-state index in [1.165, 1.54) is 181 Å². The fourth-order valence-corrected chi connectivity index (χ4v) is 9.80. The van der Waals surface area contributed by atoms with Gasteiger partial charge >= 0.3 is 0 Å². The lowest BCUT2D eigenvalue weighted by Gasteiger charge is -2.28. The Balaban J connectivity index is 0.000000204. The first-order valence-corrected chi connectivity index (χ1v) is 22.7. The Hall–Kier alpha value is -2.96. The Morgan fingerprint density at radius 2 is 0.811 bits per heavy atom. The van der Waals surface area contributed by atoms with E-state index in [2.05, 4.69) is 112 Å². The first-order chi connectivity index (χ1) is 26.1. The highest BCUT2D eigenvalue weighted by atomic mass is 14.3. The van der Waals surface area contributed by atoms with Crippen LogP contribution in [0.25, 0.3) is 0 Å². The van der Waals surface area contributed by atoms with Crippen LogP contribution < -0.4 is 0 Å². The molecule has 0 N–H and O–H groups in total. The van der Waals surface area contributed by atoms with Gasteiger partial charge in [-0.2, -0.15) is 0 Å². The molecule has 2 unspecified atom stereocenters. The van der Waals surface area contributed by atoms with Crippen molar-refractivity contribution in [2.24, 2.45) is 23.7 Å². The first-order valence-electron chi connectivity index (χ1n) is 22.7. The molecule has 2 aromatic rings. The van der Waals surface area contributed by atoms with Crippen LogP contribution in [0, 0.1) is 47.4 Å². The molecule has 4 aliphatic carbocycles. The van der Waals surface area contributed by atoms with Crippen molar-refractivity contribution in [2.45, 2.75) is 187 Å². The van der Waals surface area contributed by atoms with Gasteiger partial charge in [-0.25, -0.2) is 0 Å². The van der Waals surface area contributed by atoms with Gasteiger partial charge in [-0.3, -0.25) is 0 Å². The summed E-state index contributed by atoms with van der Waals surface area (Å²) in [7, 11) is 0. The van der Waals surface area contributed by atoms with Crippen LogP contribution in [0.1, 0.15) is 209 Å². The largest absolute Gasteiger partial charge is 0.0726 e. The molecule has 0 nitrogen and oxygen atoms in total. The smallest absolute Gasteiger partial charge is 0.0249 e. The molecule has 0 radical (unpaired) electrons. The van der Waals surface area contributed by atoms with Crippen LogP contribution in [0.15, 0.2) is 71.8 Å². The minimum atomic E-state index is 0.779.